The first-order valence-electron chi connectivity index (χ1n) is 11.0. The zero-order chi connectivity index (χ0) is 18.2. The van der Waals surface area contributed by atoms with Crippen LogP contribution in [0, 0.1) is 23.2 Å². The Kier molecular flexibility index (Phi) is 3.40. The Labute approximate surface area is 160 Å². The Balaban J connectivity index is 1.26. The molecule has 4 bridgehead atoms. The standard InChI is InChI=1S/C21H30N4O2/c22-21(4-2-5-21)18-23-17(27-24-18)16-3-1-6-25(16)19(26)20-10-13-7-14(11-20)9-15(8-13)12-20/h13-16H,1-12,22H2. The minimum atomic E-state index is -0.408. The second kappa shape index (κ2) is 5.56. The van der Waals surface area contributed by atoms with Crippen molar-refractivity contribution in [2.45, 2.75) is 82.2 Å². The van der Waals surface area contributed by atoms with Crippen molar-refractivity contribution in [1.29, 1.82) is 0 Å². The van der Waals surface area contributed by atoms with Crippen LogP contribution in [-0.2, 0) is 10.3 Å². The van der Waals surface area contributed by atoms with E-state index in [0.717, 1.165) is 75.7 Å². The minimum absolute atomic E-state index is 0.0459. The fraction of sp³-hybridized carbons (Fsp3) is 0.857. The van der Waals surface area contributed by atoms with E-state index in [0.29, 0.717) is 17.6 Å². The van der Waals surface area contributed by atoms with Crippen molar-refractivity contribution >= 4 is 5.91 Å². The molecule has 6 nitrogen and oxygen atoms in total. The molecule has 2 N–H and O–H groups in total. The Morgan fingerprint density at radius 3 is 2.33 bits per heavy atom. The molecule has 146 valence electrons. The Bertz CT molecular complexity index is 733. The first kappa shape index (κ1) is 16.5. The molecule has 6 fully saturated rings. The van der Waals surface area contributed by atoms with Gasteiger partial charge in [0.2, 0.25) is 11.8 Å². The molecule has 2 heterocycles. The first-order chi connectivity index (χ1) is 13.0. The van der Waals surface area contributed by atoms with E-state index in [1.807, 2.05) is 0 Å². The van der Waals surface area contributed by atoms with Crippen LogP contribution in [0.2, 0.25) is 0 Å². The maximum Gasteiger partial charge on any atom is 0.249 e. The highest BCUT2D eigenvalue weighted by Gasteiger charge is 2.57. The van der Waals surface area contributed by atoms with Gasteiger partial charge in [-0.05, 0) is 88.4 Å². The van der Waals surface area contributed by atoms with Crippen LogP contribution in [0.5, 0.6) is 0 Å². The lowest BCUT2D eigenvalue weighted by atomic mass is 9.49. The van der Waals surface area contributed by atoms with Crippen molar-refractivity contribution < 1.29 is 9.32 Å². The number of amides is 1. The van der Waals surface area contributed by atoms with Crippen molar-refractivity contribution in [1.82, 2.24) is 15.0 Å². The number of likely N-dealkylation sites (tertiary alicyclic amines) is 1. The molecule has 5 aliphatic carbocycles. The van der Waals surface area contributed by atoms with Gasteiger partial charge in [0.25, 0.3) is 0 Å². The topological polar surface area (TPSA) is 85.2 Å². The zero-order valence-electron chi connectivity index (χ0n) is 16.0. The molecule has 1 atom stereocenters. The number of hydrogen-bond donors (Lipinski definition) is 1. The van der Waals surface area contributed by atoms with Crippen molar-refractivity contribution in [2.24, 2.45) is 28.9 Å². The summed E-state index contributed by atoms with van der Waals surface area (Å²) in [6.45, 7) is 0.830. The Hall–Kier alpha value is -1.43. The lowest BCUT2D eigenvalue weighted by molar-refractivity contribution is -0.159. The van der Waals surface area contributed by atoms with Crippen molar-refractivity contribution in [3.8, 4) is 0 Å². The molecule has 0 spiro atoms. The zero-order valence-corrected chi connectivity index (χ0v) is 16.0. The minimum Gasteiger partial charge on any atom is -0.337 e. The van der Waals surface area contributed by atoms with Gasteiger partial charge in [0.15, 0.2) is 5.82 Å². The van der Waals surface area contributed by atoms with Gasteiger partial charge < -0.3 is 15.2 Å². The second-order valence-corrected chi connectivity index (χ2v) is 10.3. The van der Waals surface area contributed by atoms with E-state index in [-0.39, 0.29) is 11.5 Å². The summed E-state index contributed by atoms with van der Waals surface area (Å²) in [7, 11) is 0. The lowest BCUT2D eigenvalue weighted by Gasteiger charge is -2.56. The van der Waals surface area contributed by atoms with Crippen LogP contribution in [0.15, 0.2) is 4.52 Å². The third-order valence-corrected chi connectivity index (χ3v) is 8.42. The lowest BCUT2D eigenvalue weighted by Crippen LogP contribution is -2.54. The average molecular weight is 370 g/mol. The fourth-order valence-electron chi connectivity index (χ4n) is 7.30. The number of rotatable bonds is 3. The van der Waals surface area contributed by atoms with Crippen molar-refractivity contribution in [2.75, 3.05) is 6.54 Å². The number of nitrogens with zero attached hydrogens (tertiary/aromatic N) is 3. The van der Waals surface area contributed by atoms with Gasteiger partial charge in [-0.25, -0.2) is 0 Å². The van der Waals surface area contributed by atoms with Crippen LogP contribution in [0.25, 0.3) is 0 Å². The molecule has 0 aromatic carbocycles. The molecule has 7 rings (SSSR count). The van der Waals surface area contributed by atoms with Crippen LogP contribution >= 0.6 is 0 Å². The van der Waals surface area contributed by atoms with Gasteiger partial charge in [0.05, 0.1) is 11.0 Å². The van der Waals surface area contributed by atoms with Gasteiger partial charge in [0, 0.05) is 6.54 Å². The fourth-order valence-corrected chi connectivity index (χ4v) is 7.30. The molecule has 0 radical (unpaired) electrons. The summed E-state index contributed by atoms with van der Waals surface area (Å²) in [5.41, 5.74) is 5.87. The molecule has 1 aromatic heterocycles. The number of nitrogens with two attached hydrogens (primary N) is 1. The maximum absolute atomic E-state index is 13.8. The highest BCUT2D eigenvalue weighted by molar-refractivity contribution is 5.84. The van der Waals surface area contributed by atoms with E-state index in [4.69, 9.17) is 10.3 Å². The van der Waals surface area contributed by atoms with Crippen LogP contribution in [0.1, 0.15) is 88.4 Å². The normalized spacial score (nSPS) is 41.7. The smallest absolute Gasteiger partial charge is 0.249 e. The molecule has 27 heavy (non-hydrogen) atoms. The van der Waals surface area contributed by atoms with Crippen LogP contribution < -0.4 is 5.73 Å². The number of carbonyl (C=O) groups excluding carboxylic acids is 1. The van der Waals surface area contributed by atoms with Gasteiger partial charge in [-0.2, -0.15) is 4.98 Å². The molecule has 1 aliphatic heterocycles. The first-order valence-corrected chi connectivity index (χ1v) is 11.0. The molecular weight excluding hydrogens is 340 g/mol. The predicted molar refractivity (Wildman–Crippen MR) is 98.3 cm³/mol. The van der Waals surface area contributed by atoms with Crippen LogP contribution in [-0.4, -0.2) is 27.5 Å². The van der Waals surface area contributed by atoms with E-state index >= 15 is 0 Å². The third-order valence-electron chi connectivity index (χ3n) is 8.42. The second-order valence-electron chi connectivity index (χ2n) is 10.3. The quantitative estimate of drug-likeness (QED) is 0.882. The molecule has 6 heteroatoms. The van der Waals surface area contributed by atoms with Gasteiger partial charge in [0.1, 0.15) is 6.04 Å². The highest BCUT2D eigenvalue weighted by atomic mass is 16.5. The SMILES string of the molecule is NC1(c2noc(C3CCCN3C(=O)C34CC5CC(CC(C5)C3)C4)n2)CCC1. The predicted octanol–water partition coefficient (Wildman–Crippen LogP) is 3.29. The summed E-state index contributed by atoms with van der Waals surface area (Å²) in [4.78, 5) is 20.5. The number of carbonyl (C=O) groups is 1. The maximum atomic E-state index is 13.8. The summed E-state index contributed by atoms with van der Waals surface area (Å²) in [5.74, 6) is 3.98. The van der Waals surface area contributed by atoms with Crippen LogP contribution in [0.4, 0.5) is 0 Å². The molecule has 1 amide bonds. The van der Waals surface area contributed by atoms with Gasteiger partial charge in [-0.15, -0.1) is 0 Å². The monoisotopic (exact) mass is 370 g/mol. The Morgan fingerprint density at radius 1 is 1.07 bits per heavy atom. The molecule has 1 unspecified atom stereocenters. The average Bonchev–Trinajstić information content (AvgIpc) is 3.27. The van der Waals surface area contributed by atoms with E-state index in [1.165, 1.54) is 19.3 Å². The molecule has 1 aromatic rings. The summed E-state index contributed by atoms with van der Waals surface area (Å²) in [6.07, 6.45) is 12.3. The van der Waals surface area contributed by atoms with Crippen molar-refractivity contribution in [3.63, 3.8) is 0 Å². The third kappa shape index (κ3) is 2.38. The molecular formula is C21H30N4O2. The Morgan fingerprint density at radius 2 is 1.74 bits per heavy atom. The summed E-state index contributed by atoms with van der Waals surface area (Å²) in [6, 6.07) is -0.0459. The number of aromatic nitrogens is 2. The van der Waals surface area contributed by atoms with Gasteiger partial charge >= 0.3 is 0 Å². The molecule has 1 saturated heterocycles. The molecule has 6 aliphatic rings. The van der Waals surface area contributed by atoms with E-state index in [1.54, 1.807) is 0 Å². The number of hydrogen-bond acceptors (Lipinski definition) is 5. The van der Waals surface area contributed by atoms with E-state index in [9.17, 15) is 4.79 Å². The van der Waals surface area contributed by atoms with Crippen molar-refractivity contribution in [3.05, 3.63) is 11.7 Å². The van der Waals surface area contributed by atoms with E-state index < -0.39 is 5.54 Å². The summed E-state index contributed by atoms with van der Waals surface area (Å²) < 4.78 is 5.63. The highest BCUT2D eigenvalue weighted by Crippen LogP contribution is 2.61. The van der Waals surface area contributed by atoms with Gasteiger partial charge in [-0.3, -0.25) is 4.79 Å². The van der Waals surface area contributed by atoms with Gasteiger partial charge in [-0.1, -0.05) is 5.16 Å². The summed E-state index contributed by atoms with van der Waals surface area (Å²) >= 11 is 0. The molecule has 5 saturated carbocycles. The summed E-state index contributed by atoms with van der Waals surface area (Å²) in [5, 5.41) is 4.19. The van der Waals surface area contributed by atoms with E-state index in [2.05, 4.69) is 15.0 Å². The largest absolute Gasteiger partial charge is 0.337 e. The van der Waals surface area contributed by atoms with Crippen LogP contribution in [0.3, 0.4) is 0 Å².